The molecule has 0 unspecified atom stereocenters. The Balaban J connectivity index is 2.10. The molecule has 0 atom stereocenters. The van der Waals surface area contributed by atoms with E-state index in [0.29, 0.717) is 6.54 Å². The second-order valence-electron chi connectivity index (χ2n) is 5.30. The monoisotopic (exact) mass is 321 g/mol. The summed E-state index contributed by atoms with van der Waals surface area (Å²) in [7, 11) is 0. The Morgan fingerprint density at radius 2 is 2.14 bits per heavy atom. The average molecular weight is 322 g/mol. The summed E-state index contributed by atoms with van der Waals surface area (Å²) in [6.45, 7) is 2.55. The summed E-state index contributed by atoms with van der Waals surface area (Å²) in [6, 6.07) is 1.60. The Labute approximate surface area is 127 Å². The van der Waals surface area contributed by atoms with E-state index in [2.05, 4.69) is 17.2 Å². The number of anilines is 1. The maximum Gasteiger partial charge on any atom is 0.405 e. The molecule has 0 aromatic carbocycles. The minimum absolute atomic E-state index is 0.0966. The van der Waals surface area contributed by atoms with Gasteiger partial charge in [0.2, 0.25) is 0 Å². The smallest absolute Gasteiger partial charge is 0.343 e. The molecule has 1 aliphatic rings. The van der Waals surface area contributed by atoms with Gasteiger partial charge in [0.05, 0.1) is 5.02 Å². The predicted molar refractivity (Wildman–Crippen MR) is 77.7 cm³/mol. The molecule has 2 rings (SSSR count). The van der Waals surface area contributed by atoms with Crippen LogP contribution >= 0.6 is 11.6 Å². The van der Waals surface area contributed by atoms with E-state index >= 15 is 0 Å². The Hall–Kier alpha value is -1.01. The van der Waals surface area contributed by atoms with Gasteiger partial charge in [0.1, 0.15) is 12.4 Å². The number of pyridine rings is 1. The van der Waals surface area contributed by atoms with Crippen LogP contribution in [0.2, 0.25) is 5.02 Å². The molecule has 1 heterocycles. The highest BCUT2D eigenvalue weighted by molar-refractivity contribution is 6.33. The van der Waals surface area contributed by atoms with Crippen LogP contribution in [0.5, 0.6) is 0 Å². The summed E-state index contributed by atoms with van der Waals surface area (Å²) < 4.78 is 38.0. The Kier molecular flexibility index (Phi) is 5.32. The molecule has 1 fully saturated rings. The molecule has 0 bridgehead atoms. The van der Waals surface area contributed by atoms with Crippen LogP contribution in [0.15, 0.2) is 12.3 Å². The lowest BCUT2D eigenvalue weighted by molar-refractivity contribution is -0.120. The standard InChI is InChI=1S/C14H19ClF3N3/c1-2-5-19-7-10-6-12(15)13(20-8-10)21(11-3-4-11)9-14(16,17)18/h6,8,11,19H,2-5,7,9H2,1H3. The van der Waals surface area contributed by atoms with E-state index in [0.717, 1.165) is 31.4 Å². The van der Waals surface area contributed by atoms with Crippen molar-refractivity contribution in [3.8, 4) is 0 Å². The maximum absolute atomic E-state index is 12.7. The van der Waals surface area contributed by atoms with Gasteiger partial charge in [-0.15, -0.1) is 0 Å². The van der Waals surface area contributed by atoms with Crippen molar-refractivity contribution in [2.75, 3.05) is 18.0 Å². The minimum Gasteiger partial charge on any atom is -0.343 e. The first-order valence-corrected chi connectivity index (χ1v) is 7.47. The van der Waals surface area contributed by atoms with Crippen LogP contribution < -0.4 is 10.2 Å². The van der Waals surface area contributed by atoms with Gasteiger partial charge in [-0.2, -0.15) is 13.2 Å². The summed E-state index contributed by atoms with van der Waals surface area (Å²) in [4.78, 5) is 5.43. The van der Waals surface area contributed by atoms with Crippen LogP contribution in [0.3, 0.4) is 0 Å². The zero-order valence-electron chi connectivity index (χ0n) is 11.9. The maximum atomic E-state index is 12.7. The van der Waals surface area contributed by atoms with E-state index in [4.69, 9.17) is 11.6 Å². The summed E-state index contributed by atoms with van der Waals surface area (Å²) in [5, 5.41) is 3.49. The number of halogens is 4. The van der Waals surface area contributed by atoms with Crippen LogP contribution in [0.1, 0.15) is 31.7 Å². The molecule has 1 saturated carbocycles. The highest BCUT2D eigenvalue weighted by Crippen LogP contribution is 2.36. The lowest BCUT2D eigenvalue weighted by Gasteiger charge is -2.25. The van der Waals surface area contributed by atoms with E-state index in [9.17, 15) is 13.2 Å². The topological polar surface area (TPSA) is 28.2 Å². The van der Waals surface area contributed by atoms with Crippen molar-refractivity contribution in [1.29, 1.82) is 0 Å². The number of hydrogen-bond acceptors (Lipinski definition) is 3. The SMILES string of the molecule is CCCNCc1cnc(N(CC(F)(F)F)C2CC2)c(Cl)c1. The molecular weight excluding hydrogens is 303 g/mol. The van der Waals surface area contributed by atoms with Crippen LogP contribution in [0, 0.1) is 0 Å². The largest absolute Gasteiger partial charge is 0.405 e. The normalized spacial score (nSPS) is 15.3. The molecule has 118 valence electrons. The minimum atomic E-state index is -4.26. The summed E-state index contributed by atoms with van der Waals surface area (Å²) >= 11 is 6.14. The van der Waals surface area contributed by atoms with Gasteiger partial charge in [-0.25, -0.2) is 4.98 Å². The zero-order chi connectivity index (χ0) is 15.5. The van der Waals surface area contributed by atoms with Crippen molar-refractivity contribution in [1.82, 2.24) is 10.3 Å². The second-order valence-corrected chi connectivity index (χ2v) is 5.71. The molecule has 0 amide bonds. The van der Waals surface area contributed by atoms with Gasteiger partial charge < -0.3 is 10.2 Å². The Morgan fingerprint density at radius 1 is 1.43 bits per heavy atom. The highest BCUT2D eigenvalue weighted by Gasteiger charge is 2.39. The molecule has 21 heavy (non-hydrogen) atoms. The van der Waals surface area contributed by atoms with Gasteiger partial charge in [-0.3, -0.25) is 0 Å². The van der Waals surface area contributed by atoms with Crippen LogP contribution in [-0.2, 0) is 6.54 Å². The van der Waals surface area contributed by atoms with Gasteiger partial charge in [0, 0.05) is 18.8 Å². The summed E-state index contributed by atoms with van der Waals surface area (Å²) in [5.74, 6) is 0.232. The fraction of sp³-hybridized carbons (Fsp3) is 0.643. The van der Waals surface area contributed by atoms with Gasteiger partial charge in [-0.05, 0) is 37.4 Å². The van der Waals surface area contributed by atoms with Gasteiger partial charge in [0.25, 0.3) is 0 Å². The predicted octanol–water partition coefficient (Wildman–Crippen LogP) is 3.77. The van der Waals surface area contributed by atoms with E-state index < -0.39 is 12.7 Å². The van der Waals surface area contributed by atoms with Crippen molar-refractivity contribution in [3.63, 3.8) is 0 Å². The van der Waals surface area contributed by atoms with Crippen LogP contribution in [-0.4, -0.2) is 30.3 Å². The molecule has 0 saturated heterocycles. The Morgan fingerprint density at radius 3 is 2.67 bits per heavy atom. The van der Waals surface area contributed by atoms with Gasteiger partial charge in [0.15, 0.2) is 0 Å². The first kappa shape index (κ1) is 16.4. The third-order valence-corrected chi connectivity index (χ3v) is 3.52. The number of rotatable bonds is 7. The molecule has 7 heteroatoms. The molecule has 0 aliphatic heterocycles. The lowest BCUT2D eigenvalue weighted by Crippen LogP contribution is -2.36. The van der Waals surface area contributed by atoms with E-state index in [-0.39, 0.29) is 16.9 Å². The van der Waals surface area contributed by atoms with Crippen molar-refractivity contribution >= 4 is 17.4 Å². The van der Waals surface area contributed by atoms with Crippen molar-refractivity contribution in [2.24, 2.45) is 0 Å². The van der Waals surface area contributed by atoms with Crippen molar-refractivity contribution < 1.29 is 13.2 Å². The molecule has 1 aromatic rings. The highest BCUT2D eigenvalue weighted by atomic mass is 35.5. The lowest BCUT2D eigenvalue weighted by atomic mass is 10.2. The van der Waals surface area contributed by atoms with E-state index in [1.807, 2.05) is 0 Å². The fourth-order valence-corrected chi connectivity index (χ4v) is 2.44. The summed E-state index contributed by atoms with van der Waals surface area (Å²) in [5.41, 5.74) is 0.875. The first-order valence-electron chi connectivity index (χ1n) is 7.09. The summed E-state index contributed by atoms with van der Waals surface area (Å²) in [6.07, 6.45) is -0.132. The van der Waals surface area contributed by atoms with Crippen LogP contribution in [0.25, 0.3) is 0 Å². The third-order valence-electron chi connectivity index (χ3n) is 3.24. The van der Waals surface area contributed by atoms with Gasteiger partial charge >= 0.3 is 6.18 Å². The number of nitrogens with one attached hydrogen (secondary N) is 1. The van der Waals surface area contributed by atoms with Crippen molar-refractivity contribution in [3.05, 3.63) is 22.8 Å². The molecule has 3 nitrogen and oxygen atoms in total. The number of hydrogen-bond donors (Lipinski definition) is 1. The number of alkyl halides is 3. The number of nitrogens with zero attached hydrogens (tertiary/aromatic N) is 2. The molecule has 1 N–H and O–H groups in total. The second kappa shape index (κ2) is 6.83. The third kappa shape index (κ3) is 5.04. The van der Waals surface area contributed by atoms with E-state index in [1.165, 1.54) is 4.90 Å². The first-order chi connectivity index (χ1) is 9.90. The molecule has 1 aliphatic carbocycles. The Bertz CT molecular complexity index is 475. The fourth-order valence-electron chi connectivity index (χ4n) is 2.14. The molecular formula is C14H19ClF3N3. The van der Waals surface area contributed by atoms with Gasteiger partial charge in [-0.1, -0.05) is 18.5 Å². The quantitative estimate of drug-likeness (QED) is 0.775. The van der Waals surface area contributed by atoms with E-state index in [1.54, 1.807) is 12.3 Å². The average Bonchev–Trinajstić information content (AvgIpc) is 3.20. The zero-order valence-corrected chi connectivity index (χ0v) is 12.6. The molecule has 0 radical (unpaired) electrons. The van der Waals surface area contributed by atoms with Crippen molar-refractivity contribution in [2.45, 2.75) is 44.9 Å². The molecule has 1 aromatic heterocycles. The molecule has 0 spiro atoms. The van der Waals surface area contributed by atoms with Crippen LogP contribution in [0.4, 0.5) is 19.0 Å². The number of aromatic nitrogens is 1.